The number of rotatable bonds is 1. The fourth-order valence-electron chi connectivity index (χ4n) is 1.50. The van der Waals surface area contributed by atoms with Gasteiger partial charge in [0.1, 0.15) is 6.10 Å². The van der Waals surface area contributed by atoms with Gasteiger partial charge in [-0.15, -0.1) is 0 Å². The third kappa shape index (κ3) is 2.67. The Balaban J connectivity index is 2.46. The minimum absolute atomic E-state index is 0.143. The maximum atomic E-state index is 11.3. The van der Waals surface area contributed by atoms with Crippen molar-refractivity contribution in [2.24, 2.45) is 5.73 Å². The lowest BCUT2D eigenvalue weighted by atomic mass is 9.91. The molecular weight excluding hydrogens is 168 g/mol. The van der Waals surface area contributed by atoms with Crippen LogP contribution in [0.15, 0.2) is 0 Å². The van der Waals surface area contributed by atoms with Gasteiger partial charge in [-0.3, -0.25) is 4.79 Å². The minimum Gasteiger partial charge on any atom is -0.384 e. The zero-order chi connectivity index (χ0) is 10.1. The van der Waals surface area contributed by atoms with Gasteiger partial charge in [-0.05, 0) is 26.7 Å². The molecule has 0 aromatic rings. The number of hydrogen-bond donors (Lipinski definition) is 2. The van der Waals surface area contributed by atoms with E-state index in [1.54, 1.807) is 4.90 Å². The van der Waals surface area contributed by atoms with Gasteiger partial charge in [0.2, 0.25) is 0 Å². The van der Waals surface area contributed by atoms with Crippen LogP contribution in [0, 0.1) is 0 Å². The molecule has 0 spiro atoms. The van der Waals surface area contributed by atoms with Crippen LogP contribution in [0.2, 0.25) is 0 Å². The number of carbonyl (C=O) groups excluding carboxylic acids is 1. The maximum Gasteiger partial charge on any atom is 0.251 e. The summed E-state index contributed by atoms with van der Waals surface area (Å²) in [6.07, 6.45) is 0.735. The van der Waals surface area contributed by atoms with Gasteiger partial charge >= 0.3 is 0 Å². The van der Waals surface area contributed by atoms with Crippen LogP contribution >= 0.6 is 0 Å². The molecular formula is C9H18N2O2. The van der Waals surface area contributed by atoms with Crippen molar-refractivity contribution in [3.05, 3.63) is 0 Å². The van der Waals surface area contributed by atoms with Crippen molar-refractivity contribution in [1.82, 2.24) is 4.90 Å². The number of amides is 1. The molecule has 1 saturated heterocycles. The van der Waals surface area contributed by atoms with Crippen LogP contribution in [0.1, 0.15) is 26.7 Å². The van der Waals surface area contributed by atoms with E-state index in [0.29, 0.717) is 13.1 Å². The molecule has 1 unspecified atom stereocenters. The lowest BCUT2D eigenvalue weighted by Crippen LogP contribution is -2.51. The molecule has 3 N–H and O–H groups in total. The van der Waals surface area contributed by atoms with Crippen LogP contribution in [0.4, 0.5) is 0 Å². The van der Waals surface area contributed by atoms with Crippen LogP contribution in [0.5, 0.6) is 0 Å². The number of nitrogens with two attached hydrogens (primary N) is 1. The first-order valence-corrected chi connectivity index (χ1v) is 4.68. The van der Waals surface area contributed by atoms with E-state index in [0.717, 1.165) is 12.8 Å². The first-order valence-electron chi connectivity index (χ1n) is 4.68. The number of piperidine rings is 1. The van der Waals surface area contributed by atoms with Crippen LogP contribution in [0.25, 0.3) is 0 Å². The molecule has 0 aromatic carbocycles. The molecule has 1 aliphatic heterocycles. The Morgan fingerprint density at radius 3 is 2.38 bits per heavy atom. The summed E-state index contributed by atoms with van der Waals surface area (Å²) in [5.41, 5.74) is 5.77. The number of hydrogen-bond acceptors (Lipinski definition) is 3. The molecule has 13 heavy (non-hydrogen) atoms. The Bertz CT molecular complexity index is 192. The molecule has 1 aliphatic rings. The molecule has 0 aromatic heterocycles. The maximum absolute atomic E-state index is 11.3. The molecule has 0 saturated carbocycles. The minimum atomic E-state index is -0.887. The molecule has 0 radical (unpaired) electrons. The summed E-state index contributed by atoms with van der Waals surface area (Å²) in [7, 11) is 0. The van der Waals surface area contributed by atoms with Gasteiger partial charge in [0.25, 0.3) is 5.91 Å². The summed E-state index contributed by atoms with van der Waals surface area (Å²) >= 11 is 0. The third-order valence-corrected chi connectivity index (χ3v) is 2.57. The van der Waals surface area contributed by atoms with Gasteiger partial charge < -0.3 is 15.7 Å². The number of carbonyl (C=O) groups is 1. The molecule has 1 rings (SSSR count). The number of nitrogens with zero attached hydrogens (tertiary/aromatic N) is 1. The first-order chi connectivity index (χ1) is 5.92. The van der Waals surface area contributed by atoms with Gasteiger partial charge in [-0.25, -0.2) is 0 Å². The van der Waals surface area contributed by atoms with E-state index in [9.17, 15) is 4.79 Å². The molecule has 4 nitrogen and oxygen atoms in total. The van der Waals surface area contributed by atoms with E-state index >= 15 is 0 Å². The van der Waals surface area contributed by atoms with Crippen molar-refractivity contribution < 1.29 is 9.90 Å². The molecule has 0 aliphatic carbocycles. The molecule has 1 amide bonds. The summed E-state index contributed by atoms with van der Waals surface area (Å²) < 4.78 is 0. The van der Waals surface area contributed by atoms with E-state index in [2.05, 4.69) is 0 Å². The zero-order valence-electron chi connectivity index (χ0n) is 8.29. The normalized spacial score (nSPS) is 24.2. The van der Waals surface area contributed by atoms with Crippen LogP contribution in [-0.2, 0) is 4.79 Å². The Labute approximate surface area is 78.7 Å². The average Bonchev–Trinajstić information content (AvgIpc) is 2.03. The molecule has 76 valence electrons. The first kappa shape index (κ1) is 10.5. The second-order valence-electron chi connectivity index (χ2n) is 4.16. The molecule has 4 heteroatoms. The van der Waals surface area contributed by atoms with E-state index in [-0.39, 0.29) is 11.4 Å². The predicted molar refractivity (Wildman–Crippen MR) is 50.1 cm³/mol. The summed E-state index contributed by atoms with van der Waals surface area (Å²) in [5.74, 6) is -0.185. The van der Waals surface area contributed by atoms with Crippen molar-refractivity contribution in [3.8, 4) is 0 Å². The zero-order valence-corrected chi connectivity index (χ0v) is 8.29. The van der Waals surface area contributed by atoms with Gasteiger partial charge in [-0.2, -0.15) is 0 Å². The summed E-state index contributed by atoms with van der Waals surface area (Å²) in [6, 6.07) is 0. The van der Waals surface area contributed by atoms with Gasteiger partial charge in [0, 0.05) is 18.6 Å². The number of aliphatic hydroxyl groups excluding tert-OH is 1. The highest BCUT2D eigenvalue weighted by Gasteiger charge is 2.29. The van der Waals surface area contributed by atoms with Crippen molar-refractivity contribution in [3.63, 3.8) is 0 Å². The van der Waals surface area contributed by atoms with Crippen molar-refractivity contribution in [2.75, 3.05) is 13.1 Å². The molecule has 1 fully saturated rings. The smallest absolute Gasteiger partial charge is 0.251 e. The van der Waals surface area contributed by atoms with Gasteiger partial charge in [-0.1, -0.05) is 0 Å². The Kier molecular flexibility index (Phi) is 2.93. The monoisotopic (exact) mass is 186 g/mol. The highest BCUT2D eigenvalue weighted by molar-refractivity contribution is 5.80. The van der Waals surface area contributed by atoms with E-state index in [1.165, 1.54) is 6.92 Å². The lowest BCUT2D eigenvalue weighted by molar-refractivity contribution is -0.140. The SMILES string of the molecule is CC(O)C(=O)N1CCC(C)(N)CC1. The topological polar surface area (TPSA) is 66.6 Å². The van der Waals surface area contributed by atoms with E-state index in [4.69, 9.17) is 10.8 Å². The van der Waals surface area contributed by atoms with Gasteiger partial charge in [0.05, 0.1) is 0 Å². The fourth-order valence-corrected chi connectivity index (χ4v) is 1.50. The number of aliphatic hydroxyl groups is 1. The lowest BCUT2D eigenvalue weighted by Gasteiger charge is -2.37. The second kappa shape index (κ2) is 3.64. The molecule has 1 atom stereocenters. The van der Waals surface area contributed by atoms with E-state index in [1.807, 2.05) is 6.92 Å². The van der Waals surface area contributed by atoms with Crippen LogP contribution in [0.3, 0.4) is 0 Å². The summed E-state index contributed by atoms with van der Waals surface area (Å²) in [6.45, 7) is 4.82. The Hall–Kier alpha value is -0.610. The average molecular weight is 186 g/mol. The number of likely N-dealkylation sites (tertiary alicyclic amines) is 1. The largest absolute Gasteiger partial charge is 0.384 e. The molecule has 0 bridgehead atoms. The van der Waals surface area contributed by atoms with Crippen molar-refractivity contribution in [1.29, 1.82) is 0 Å². The van der Waals surface area contributed by atoms with Crippen LogP contribution in [-0.4, -0.2) is 40.6 Å². The van der Waals surface area contributed by atoms with Crippen LogP contribution < -0.4 is 5.73 Å². The van der Waals surface area contributed by atoms with Gasteiger partial charge in [0.15, 0.2) is 0 Å². The summed E-state index contributed by atoms with van der Waals surface area (Å²) in [5, 5.41) is 9.08. The highest BCUT2D eigenvalue weighted by atomic mass is 16.3. The predicted octanol–water partition coefficient (Wildman–Crippen LogP) is -0.293. The third-order valence-electron chi connectivity index (χ3n) is 2.57. The fraction of sp³-hybridized carbons (Fsp3) is 0.889. The highest BCUT2D eigenvalue weighted by Crippen LogP contribution is 2.18. The Morgan fingerprint density at radius 1 is 1.54 bits per heavy atom. The molecule has 1 heterocycles. The quantitative estimate of drug-likeness (QED) is 0.591. The van der Waals surface area contributed by atoms with E-state index < -0.39 is 6.10 Å². The summed E-state index contributed by atoms with van der Waals surface area (Å²) in [4.78, 5) is 13.0. The Morgan fingerprint density at radius 2 is 2.00 bits per heavy atom. The van der Waals surface area contributed by atoms with Crippen molar-refractivity contribution in [2.45, 2.75) is 38.3 Å². The second-order valence-corrected chi connectivity index (χ2v) is 4.16. The standard InChI is InChI=1S/C9H18N2O2/c1-7(12)8(13)11-5-3-9(2,10)4-6-11/h7,12H,3-6,10H2,1-2H3. The van der Waals surface area contributed by atoms with Crippen molar-refractivity contribution >= 4 is 5.91 Å².